The van der Waals surface area contributed by atoms with Crippen LogP contribution in [0.25, 0.3) is 0 Å². The molecule has 1 nitrogen and oxygen atoms in total. The molecule has 0 aliphatic heterocycles. The molecule has 0 amide bonds. The predicted octanol–water partition coefficient (Wildman–Crippen LogP) is 3.02. The van der Waals surface area contributed by atoms with E-state index in [2.05, 4.69) is 0 Å². The molecule has 0 fully saturated rings. The average Bonchev–Trinajstić information content (AvgIpc) is 2.15. The minimum atomic E-state index is -0.228. The quantitative estimate of drug-likeness (QED) is 0.680. The van der Waals surface area contributed by atoms with E-state index in [0.717, 1.165) is 17.8 Å². The lowest BCUT2D eigenvalue weighted by molar-refractivity contribution is 0.626. The van der Waals surface area contributed by atoms with Gasteiger partial charge in [0.15, 0.2) is 0 Å². The molecule has 0 heterocycles. The largest absolute Gasteiger partial charge is 0.375 e. The Labute approximate surface area is 83.1 Å². The lowest BCUT2D eigenvalue weighted by Gasteiger charge is -2.17. The first-order valence-corrected chi connectivity index (χ1v) is 4.77. The van der Waals surface area contributed by atoms with Gasteiger partial charge in [-0.25, -0.2) is 4.39 Å². The van der Waals surface area contributed by atoms with Gasteiger partial charge in [0.2, 0.25) is 0 Å². The number of alkyl halides is 1. The number of anilines is 1. The molecule has 0 radical (unpaired) electrons. The molecule has 72 valence electrons. The SMILES string of the molecule is CCN(C)c1cc(F)cc(CCl)c1. The van der Waals surface area contributed by atoms with Gasteiger partial charge in [0.25, 0.3) is 0 Å². The van der Waals surface area contributed by atoms with Gasteiger partial charge in [0.1, 0.15) is 5.82 Å². The van der Waals surface area contributed by atoms with Crippen molar-refractivity contribution >= 4 is 17.3 Å². The summed E-state index contributed by atoms with van der Waals surface area (Å²) in [6.45, 7) is 2.87. The van der Waals surface area contributed by atoms with E-state index in [1.54, 1.807) is 0 Å². The highest BCUT2D eigenvalue weighted by atomic mass is 35.5. The van der Waals surface area contributed by atoms with Crippen molar-refractivity contribution in [3.8, 4) is 0 Å². The van der Waals surface area contributed by atoms with Crippen molar-refractivity contribution in [1.82, 2.24) is 0 Å². The second-order valence-electron chi connectivity index (χ2n) is 2.97. The third-order valence-electron chi connectivity index (χ3n) is 2.01. The third-order valence-corrected chi connectivity index (χ3v) is 2.32. The number of benzene rings is 1. The first-order chi connectivity index (χ1) is 6.17. The van der Waals surface area contributed by atoms with E-state index in [0.29, 0.717) is 5.88 Å². The Balaban J connectivity index is 3.01. The van der Waals surface area contributed by atoms with Gasteiger partial charge in [-0.2, -0.15) is 0 Å². The Morgan fingerprint density at radius 1 is 1.38 bits per heavy atom. The number of nitrogens with zero attached hydrogens (tertiary/aromatic N) is 1. The van der Waals surface area contributed by atoms with Crippen molar-refractivity contribution in [1.29, 1.82) is 0 Å². The zero-order chi connectivity index (χ0) is 9.84. The van der Waals surface area contributed by atoms with Crippen molar-refractivity contribution in [2.24, 2.45) is 0 Å². The van der Waals surface area contributed by atoms with Gasteiger partial charge >= 0.3 is 0 Å². The van der Waals surface area contributed by atoms with Crippen LogP contribution in [0.5, 0.6) is 0 Å². The van der Waals surface area contributed by atoms with Gasteiger partial charge < -0.3 is 4.90 Å². The van der Waals surface area contributed by atoms with E-state index in [-0.39, 0.29) is 5.82 Å². The molecule has 0 saturated heterocycles. The third kappa shape index (κ3) is 2.59. The zero-order valence-corrected chi connectivity index (χ0v) is 8.61. The minimum absolute atomic E-state index is 0.228. The van der Waals surface area contributed by atoms with E-state index in [1.807, 2.05) is 24.9 Å². The highest BCUT2D eigenvalue weighted by Gasteiger charge is 2.02. The van der Waals surface area contributed by atoms with Crippen molar-refractivity contribution in [3.63, 3.8) is 0 Å². The van der Waals surface area contributed by atoms with Crippen LogP contribution in [0, 0.1) is 5.82 Å². The molecule has 0 atom stereocenters. The highest BCUT2D eigenvalue weighted by molar-refractivity contribution is 6.17. The Bertz CT molecular complexity index is 288. The molecule has 0 spiro atoms. The maximum absolute atomic E-state index is 13.0. The summed E-state index contributed by atoms with van der Waals surface area (Å²) in [5.41, 5.74) is 1.69. The van der Waals surface area contributed by atoms with Crippen molar-refractivity contribution in [3.05, 3.63) is 29.6 Å². The van der Waals surface area contributed by atoms with Gasteiger partial charge in [-0.1, -0.05) is 0 Å². The second-order valence-corrected chi connectivity index (χ2v) is 3.23. The van der Waals surface area contributed by atoms with Crippen LogP contribution in [-0.2, 0) is 5.88 Å². The van der Waals surface area contributed by atoms with Gasteiger partial charge in [0.05, 0.1) is 0 Å². The van der Waals surface area contributed by atoms with Gasteiger partial charge in [-0.15, -0.1) is 11.6 Å². The number of hydrogen-bond donors (Lipinski definition) is 0. The highest BCUT2D eigenvalue weighted by Crippen LogP contribution is 2.18. The summed E-state index contributed by atoms with van der Waals surface area (Å²) in [4.78, 5) is 1.97. The second kappa shape index (κ2) is 4.47. The fourth-order valence-electron chi connectivity index (χ4n) is 1.11. The summed E-state index contributed by atoms with van der Waals surface area (Å²) in [6.07, 6.45) is 0. The standard InChI is InChI=1S/C10H13ClFN/c1-3-13(2)10-5-8(7-11)4-9(12)6-10/h4-6H,3,7H2,1-2H3. The van der Waals surface area contributed by atoms with Gasteiger partial charge in [-0.3, -0.25) is 0 Å². The lowest BCUT2D eigenvalue weighted by atomic mass is 10.2. The van der Waals surface area contributed by atoms with Crippen molar-refractivity contribution < 1.29 is 4.39 Å². The van der Waals surface area contributed by atoms with E-state index >= 15 is 0 Å². The lowest BCUT2D eigenvalue weighted by Crippen LogP contribution is -2.16. The van der Waals surface area contributed by atoms with Crippen molar-refractivity contribution in [2.75, 3.05) is 18.5 Å². The maximum atomic E-state index is 13.0. The van der Waals surface area contributed by atoms with Gasteiger partial charge in [-0.05, 0) is 30.7 Å². The van der Waals surface area contributed by atoms with Crippen LogP contribution in [0.3, 0.4) is 0 Å². The molecule has 0 aliphatic carbocycles. The fraction of sp³-hybridized carbons (Fsp3) is 0.400. The van der Waals surface area contributed by atoms with Crippen LogP contribution in [0.1, 0.15) is 12.5 Å². The van der Waals surface area contributed by atoms with Crippen LogP contribution in [0.15, 0.2) is 18.2 Å². The minimum Gasteiger partial charge on any atom is -0.375 e. The van der Waals surface area contributed by atoms with Crippen LogP contribution in [-0.4, -0.2) is 13.6 Å². The summed E-state index contributed by atoms with van der Waals surface area (Å²) in [6, 6.07) is 4.87. The fourth-order valence-corrected chi connectivity index (χ4v) is 1.27. The molecule has 1 rings (SSSR count). The molecule has 0 N–H and O–H groups in total. The molecule has 0 unspecified atom stereocenters. The first-order valence-electron chi connectivity index (χ1n) is 4.24. The van der Waals surface area contributed by atoms with E-state index in [9.17, 15) is 4.39 Å². The summed E-state index contributed by atoms with van der Waals surface area (Å²) >= 11 is 5.63. The molecule has 0 bridgehead atoms. The topological polar surface area (TPSA) is 3.24 Å². The smallest absolute Gasteiger partial charge is 0.125 e. The summed E-state index contributed by atoms with van der Waals surface area (Å²) < 4.78 is 13.0. The predicted molar refractivity (Wildman–Crippen MR) is 54.9 cm³/mol. The molecule has 3 heteroatoms. The molecule has 13 heavy (non-hydrogen) atoms. The molecule has 1 aromatic carbocycles. The van der Waals surface area contributed by atoms with Gasteiger partial charge in [0, 0.05) is 25.2 Å². The Morgan fingerprint density at radius 3 is 2.62 bits per heavy atom. The zero-order valence-electron chi connectivity index (χ0n) is 7.85. The first kappa shape index (κ1) is 10.3. The van der Waals surface area contributed by atoms with E-state index < -0.39 is 0 Å². The molecule has 0 aliphatic rings. The average molecular weight is 202 g/mol. The number of rotatable bonds is 3. The monoisotopic (exact) mass is 201 g/mol. The number of halogens is 2. The van der Waals surface area contributed by atoms with E-state index in [1.165, 1.54) is 12.1 Å². The Hall–Kier alpha value is -0.760. The van der Waals surface area contributed by atoms with Crippen molar-refractivity contribution in [2.45, 2.75) is 12.8 Å². The van der Waals surface area contributed by atoms with Crippen LogP contribution >= 0.6 is 11.6 Å². The van der Waals surface area contributed by atoms with E-state index in [4.69, 9.17) is 11.6 Å². The summed E-state index contributed by atoms with van der Waals surface area (Å²) in [5.74, 6) is 0.121. The normalized spacial score (nSPS) is 10.2. The van der Waals surface area contributed by atoms with Crippen LogP contribution < -0.4 is 4.90 Å². The Kier molecular flexibility index (Phi) is 3.55. The molecule has 0 saturated carbocycles. The van der Waals surface area contributed by atoms with Crippen LogP contribution in [0.2, 0.25) is 0 Å². The molecular formula is C10H13ClFN. The molecular weight excluding hydrogens is 189 g/mol. The Morgan fingerprint density at radius 2 is 2.08 bits per heavy atom. The summed E-state index contributed by atoms with van der Waals surface area (Å²) in [7, 11) is 1.92. The van der Waals surface area contributed by atoms with Crippen LogP contribution in [0.4, 0.5) is 10.1 Å². The molecule has 1 aromatic rings. The number of hydrogen-bond acceptors (Lipinski definition) is 1. The molecule has 0 aromatic heterocycles. The summed E-state index contributed by atoms with van der Waals surface area (Å²) in [5, 5.41) is 0. The maximum Gasteiger partial charge on any atom is 0.125 e.